The molecule has 20 heavy (non-hydrogen) atoms. The Kier molecular flexibility index (Phi) is 2.69. The van der Waals surface area contributed by atoms with Crippen LogP contribution >= 0.6 is 0 Å². The van der Waals surface area contributed by atoms with Crippen LogP contribution in [0.1, 0.15) is 24.8 Å². The minimum Gasteiger partial charge on any atom is -0.465 e. The fraction of sp³-hybridized carbons (Fsp3) is 0.333. The molecule has 1 unspecified atom stereocenters. The maximum absolute atomic E-state index is 6.43. The molecule has 2 aromatic carbocycles. The van der Waals surface area contributed by atoms with E-state index >= 15 is 0 Å². The average molecular weight is 265 g/mol. The van der Waals surface area contributed by atoms with Crippen LogP contribution < -0.4 is 9.64 Å². The lowest BCUT2D eigenvalue weighted by Crippen LogP contribution is -2.54. The number of rotatable bonds is 2. The Labute approximate surface area is 120 Å². The molecule has 0 spiro atoms. The van der Waals surface area contributed by atoms with Crippen LogP contribution in [0.2, 0.25) is 0 Å². The van der Waals surface area contributed by atoms with Gasteiger partial charge in [0.15, 0.2) is 5.72 Å². The molecule has 1 saturated heterocycles. The van der Waals surface area contributed by atoms with Crippen molar-refractivity contribution < 1.29 is 4.74 Å². The van der Waals surface area contributed by atoms with Crippen molar-refractivity contribution in [3.8, 4) is 5.75 Å². The van der Waals surface area contributed by atoms with E-state index in [1.54, 1.807) is 0 Å². The van der Waals surface area contributed by atoms with Crippen molar-refractivity contribution in [3.05, 3.63) is 60.2 Å². The van der Waals surface area contributed by atoms with Gasteiger partial charge in [-0.1, -0.05) is 42.5 Å². The summed E-state index contributed by atoms with van der Waals surface area (Å²) in [5.74, 6) is 1.05. The van der Waals surface area contributed by atoms with Crippen LogP contribution in [0.15, 0.2) is 54.6 Å². The van der Waals surface area contributed by atoms with E-state index < -0.39 is 0 Å². The molecule has 2 heterocycles. The quantitative estimate of drug-likeness (QED) is 0.813. The number of ether oxygens (including phenoxy) is 1. The molecule has 102 valence electrons. The third-order valence-electron chi connectivity index (χ3n) is 4.47. The van der Waals surface area contributed by atoms with Crippen LogP contribution in [0, 0.1) is 0 Å². The summed E-state index contributed by atoms with van der Waals surface area (Å²) in [7, 11) is 0. The van der Waals surface area contributed by atoms with E-state index in [9.17, 15) is 0 Å². The Bertz CT molecular complexity index is 610. The van der Waals surface area contributed by atoms with E-state index in [1.165, 1.54) is 24.1 Å². The fourth-order valence-electron chi connectivity index (χ4n) is 3.56. The number of piperidine rings is 1. The predicted molar refractivity (Wildman–Crippen MR) is 81.1 cm³/mol. The van der Waals surface area contributed by atoms with Gasteiger partial charge in [-0.05, 0) is 30.5 Å². The van der Waals surface area contributed by atoms with Crippen molar-refractivity contribution in [2.45, 2.75) is 31.4 Å². The topological polar surface area (TPSA) is 12.5 Å². The van der Waals surface area contributed by atoms with Crippen molar-refractivity contribution in [1.29, 1.82) is 0 Å². The Morgan fingerprint density at radius 1 is 0.950 bits per heavy atom. The molecule has 0 aliphatic carbocycles. The van der Waals surface area contributed by atoms with Gasteiger partial charge in [0.25, 0.3) is 0 Å². The maximum atomic E-state index is 6.43. The number of anilines is 1. The van der Waals surface area contributed by atoms with Crippen LogP contribution in [0.4, 0.5) is 5.69 Å². The molecule has 0 saturated carbocycles. The van der Waals surface area contributed by atoms with Crippen molar-refractivity contribution in [2.24, 2.45) is 0 Å². The molecule has 4 rings (SSSR count). The van der Waals surface area contributed by atoms with Gasteiger partial charge in [-0.3, -0.25) is 0 Å². The van der Waals surface area contributed by atoms with Crippen molar-refractivity contribution in [1.82, 2.24) is 0 Å². The Balaban J connectivity index is 1.72. The van der Waals surface area contributed by atoms with Crippen LogP contribution in [0.25, 0.3) is 0 Å². The standard InChI is InChI=1S/C18H19NO/c1-2-8-15(9-3-1)14-18-12-6-7-13-19(18)16-10-4-5-11-17(16)20-18/h1-5,8-11H,6-7,12-14H2. The molecule has 0 radical (unpaired) electrons. The van der Waals surface area contributed by atoms with Gasteiger partial charge in [-0.25, -0.2) is 0 Å². The summed E-state index contributed by atoms with van der Waals surface area (Å²) >= 11 is 0. The first kappa shape index (κ1) is 11.8. The number of hydrogen-bond donors (Lipinski definition) is 0. The van der Waals surface area contributed by atoms with Crippen molar-refractivity contribution in [2.75, 3.05) is 11.4 Å². The number of fused-ring (bicyclic) bond motifs is 3. The van der Waals surface area contributed by atoms with Crippen LogP contribution in [0.5, 0.6) is 5.75 Å². The van der Waals surface area contributed by atoms with Gasteiger partial charge in [-0.2, -0.15) is 0 Å². The normalized spacial score (nSPS) is 23.9. The van der Waals surface area contributed by atoms with Crippen molar-refractivity contribution in [3.63, 3.8) is 0 Å². The van der Waals surface area contributed by atoms with Gasteiger partial charge in [0.05, 0.1) is 5.69 Å². The molecule has 2 nitrogen and oxygen atoms in total. The number of benzene rings is 2. The summed E-state index contributed by atoms with van der Waals surface area (Å²) in [5.41, 5.74) is 2.46. The molecule has 2 aliphatic rings. The summed E-state index contributed by atoms with van der Waals surface area (Å²) in [6.07, 6.45) is 4.57. The highest BCUT2D eigenvalue weighted by Gasteiger charge is 2.46. The number of nitrogens with zero attached hydrogens (tertiary/aromatic N) is 1. The monoisotopic (exact) mass is 265 g/mol. The lowest BCUT2D eigenvalue weighted by molar-refractivity contribution is 0.0618. The second kappa shape index (κ2) is 4.55. The third kappa shape index (κ3) is 1.79. The number of hydrogen-bond acceptors (Lipinski definition) is 2. The number of para-hydroxylation sites is 2. The molecule has 1 atom stereocenters. The van der Waals surface area contributed by atoms with Gasteiger partial charge in [0.1, 0.15) is 5.75 Å². The molecule has 1 fully saturated rings. The van der Waals surface area contributed by atoms with E-state index in [0.717, 1.165) is 25.1 Å². The lowest BCUT2D eigenvalue weighted by Gasteiger charge is -2.42. The first-order chi connectivity index (χ1) is 9.87. The molecule has 0 N–H and O–H groups in total. The second-order valence-electron chi connectivity index (χ2n) is 5.79. The third-order valence-corrected chi connectivity index (χ3v) is 4.47. The maximum Gasteiger partial charge on any atom is 0.187 e. The van der Waals surface area contributed by atoms with Crippen molar-refractivity contribution >= 4 is 5.69 Å². The molecule has 0 bridgehead atoms. The first-order valence-corrected chi connectivity index (χ1v) is 7.47. The summed E-state index contributed by atoms with van der Waals surface area (Å²) < 4.78 is 6.43. The molecule has 0 amide bonds. The molecule has 2 heteroatoms. The van der Waals surface area contributed by atoms with E-state index in [-0.39, 0.29) is 5.72 Å². The zero-order valence-corrected chi connectivity index (χ0v) is 11.6. The Morgan fingerprint density at radius 2 is 1.75 bits per heavy atom. The average Bonchev–Trinajstić information content (AvgIpc) is 2.82. The van der Waals surface area contributed by atoms with E-state index in [0.29, 0.717) is 0 Å². The minimum atomic E-state index is -0.163. The smallest absolute Gasteiger partial charge is 0.187 e. The first-order valence-electron chi connectivity index (χ1n) is 7.47. The van der Waals surface area contributed by atoms with Gasteiger partial charge < -0.3 is 9.64 Å². The fourth-order valence-corrected chi connectivity index (χ4v) is 3.56. The lowest BCUT2D eigenvalue weighted by atomic mass is 9.92. The van der Waals surface area contributed by atoms with E-state index in [4.69, 9.17) is 4.74 Å². The Hall–Kier alpha value is -1.96. The van der Waals surface area contributed by atoms with Gasteiger partial charge in [-0.15, -0.1) is 0 Å². The minimum absolute atomic E-state index is 0.163. The van der Waals surface area contributed by atoms with Crippen LogP contribution in [-0.2, 0) is 6.42 Å². The molecule has 2 aromatic rings. The molecule has 0 aromatic heterocycles. The summed E-state index contributed by atoms with van der Waals surface area (Å²) in [6, 6.07) is 19.2. The molecular weight excluding hydrogens is 246 g/mol. The largest absolute Gasteiger partial charge is 0.465 e. The van der Waals surface area contributed by atoms with E-state index in [2.05, 4.69) is 59.5 Å². The molecule has 2 aliphatic heterocycles. The van der Waals surface area contributed by atoms with Crippen LogP contribution in [0.3, 0.4) is 0 Å². The SMILES string of the molecule is c1ccc(CC23CCCCN2c2ccccc2O3)cc1. The highest BCUT2D eigenvalue weighted by Crippen LogP contribution is 2.47. The second-order valence-corrected chi connectivity index (χ2v) is 5.79. The Morgan fingerprint density at radius 3 is 2.65 bits per heavy atom. The van der Waals surface area contributed by atoms with Gasteiger partial charge in [0, 0.05) is 19.4 Å². The zero-order chi connectivity index (χ0) is 13.4. The summed E-state index contributed by atoms with van der Waals surface area (Å²) in [5, 5.41) is 0. The zero-order valence-electron chi connectivity index (χ0n) is 11.6. The highest BCUT2D eigenvalue weighted by atomic mass is 16.5. The highest BCUT2D eigenvalue weighted by molar-refractivity contribution is 5.64. The summed E-state index contributed by atoms with van der Waals surface area (Å²) in [6.45, 7) is 1.10. The molecular formula is C18H19NO. The van der Waals surface area contributed by atoms with E-state index in [1.807, 2.05) is 0 Å². The van der Waals surface area contributed by atoms with Crippen LogP contribution in [-0.4, -0.2) is 12.3 Å². The predicted octanol–water partition coefficient (Wildman–Crippen LogP) is 4.01. The summed E-state index contributed by atoms with van der Waals surface area (Å²) in [4.78, 5) is 2.48. The van der Waals surface area contributed by atoms with Gasteiger partial charge >= 0.3 is 0 Å². The van der Waals surface area contributed by atoms with Gasteiger partial charge in [0.2, 0.25) is 0 Å².